The Balaban J connectivity index is 2.39. The Kier molecular flexibility index (Phi) is 3.17. The molecule has 2 nitrogen and oxygen atoms in total. The summed E-state index contributed by atoms with van der Waals surface area (Å²) in [5.74, 6) is 0. The Morgan fingerprint density at radius 2 is 2.00 bits per heavy atom. The van der Waals surface area contributed by atoms with E-state index in [1.165, 1.54) is 16.8 Å². The highest BCUT2D eigenvalue weighted by Crippen LogP contribution is 2.34. The quantitative estimate of drug-likeness (QED) is 0.806. The minimum Gasteiger partial charge on any atom is -0.391 e. The summed E-state index contributed by atoms with van der Waals surface area (Å²) in [5.41, 5.74) is 3.98. The van der Waals surface area contributed by atoms with Crippen LogP contribution in [-0.4, -0.2) is 23.3 Å². The van der Waals surface area contributed by atoms with Crippen LogP contribution in [0.2, 0.25) is 0 Å². The molecule has 0 aliphatic carbocycles. The van der Waals surface area contributed by atoms with Crippen molar-refractivity contribution in [2.45, 2.75) is 52.2 Å². The molecule has 0 spiro atoms. The van der Waals surface area contributed by atoms with Crippen LogP contribution in [0, 0.1) is 13.8 Å². The second-order valence-electron chi connectivity index (χ2n) is 5.91. The molecule has 0 saturated carbocycles. The number of benzene rings is 1. The highest BCUT2D eigenvalue weighted by molar-refractivity contribution is 5.57. The van der Waals surface area contributed by atoms with Crippen LogP contribution in [0.3, 0.4) is 0 Å². The first-order valence-corrected chi connectivity index (χ1v) is 6.43. The van der Waals surface area contributed by atoms with E-state index in [-0.39, 0.29) is 11.6 Å². The van der Waals surface area contributed by atoms with Crippen molar-refractivity contribution in [1.29, 1.82) is 0 Å². The van der Waals surface area contributed by atoms with Gasteiger partial charge in [-0.1, -0.05) is 12.1 Å². The zero-order valence-electron chi connectivity index (χ0n) is 11.3. The molecule has 2 rings (SSSR count). The fourth-order valence-electron chi connectivity index (χ4n) is 2.64. The molecule has 1 unspecified atom stereocenters. The zero-order chi connectivity index (χ0) is 12.6. The van der Waals surface area contributed by atoms with E-state index in [1.54, 1.807) is 0 Å². The summed E-state index contributed by atoms with van der Waals surface area (Å²) in [6.07, 6.45) is 1.76. The molecular weight excluding hydrogens is 210 g/mol. The number of β-amino-alcohol motifs (C(OH)–C–C–N with tert-alkyl or cyclic N) is 1. The van der Waals surface area contributed by atoms with E-state index in [0.29, 0.717) is 0 Å². The molecule has 1 fully saturated rings. The molecule has 1 saturated heterocycles. The van der Waals surface area contributed by atoms with Gasteiger partial charge in [-0.2, -0.15) is 0 Å². The van der Waals surface area contributed by atoms with Crippen molar-refractivity contribution in [2.75, 3.05) is 11.4 Å². The van der Waals surface area contributed by atoms with E-state index in [4.69, 9.17) is 0 Å². The van der Waals surface area contributed by atoms with Crippen LogP contribution in [0.15, 0.2) is 18.2 Å². The zero-order valence-corrected chi connectivity index (χ0v) is 11.3. The van der Waals surface area contributed by atoms with Gasteiger partial charge >= 0.3 is 0 Å². The molecule has 1 N–H and O–H groups in total. The van der Waals surface area contributed by atoms with Crippen LogP contribution >= 0.6 is 0 Å². The first-order chi connectivity index (χ1) is 7.90. The summed E-state index contributed by atoms with van der Waals surface area (Å²) in [4.78, 5) is 2.36. The summed E-state index contributed by atoms with van der Waals surface area (Å²) in [7, 11) is 0. The van der Waals surface area contributed by atoms with Gasteiger partial charge in [0.1, 0.15) is 0 Å². The first-order valence-electron chi connectivity index (χ1n) is 6.43. The third-order valence-electron chi connectivity index (χ3n) is 3.87. The van der Waals surface area contributed by atoms with Gasteiger partial charge in [0, 0.05) is 17.8 Å². The van der Waals surface area contributed by atoms with Crippen LogP contribution in [-0.2, 0) is 0 Å². The van der Waals surface area contributed by atoms with Gasteiger partial charge in [0.2, 0.25) is 0 Å². The lowest BCUT2D eigenvalue weighted by Crippen LogP contribution is -2.52. The molecule has 0 radical (unpaired) electrons. The van der Waals surface area contributed by atoms with Gasteiger partial charge in [0.05, 0.1) is 6.10 Å². The number of aliphatic hydroxyl groups is 1. The smallest absolute Gasteiger partial charge is 0.0716 e. The average Bonchev–Trinajstić information content (AvgIpc) is 2.26. The maximum absolute atomic E-state index is 9.89. The lowest BCUT2D eigenvalue weighted by atomic mass is 9.88. The average molecular weight is 233 g/mol. The molecule has 2 heteroatoms. The summed E-state index contributed by atoms with van der Waals surface area (Å²) < 4.78 is 0. The van der Waals surface area contributed by atoms with Crippen LogP contribution in [0.25, 0.3) is 0 Å². The highest BCUT2D eigenvalue weighted by Gasteiger charge is 2.34. The van der Waals surface area contributed by atoms with E-state index in [2.05, 4.69) is 50.8 Å². The maximum atomic E-state index is 9.89. The van der Waals surface area contributed by atoms with E-state index < -0.39 is 0 Å². The number of aliphatic hydroxyl groups excluding tert-OH is 1. The molecule has 1 aliphatic rings. The Morgan fingerprint density at radius 1 is 1.29 bits per heavy atom. The Morgan fingerprint density at radius 3 is 2.71 bits per heavy atom. The molecule has 1 atom stereocenters. The van der Waals surface area contributed by atoms with E-state index in [0.717, 1.165) is 19.4 Å². The predicted molar refractivity (Wildman–Crippen MR) is 72.6 cm³/mol. The maximum Gasteiger partial charge on any atom is 0.0716 e. The molecule has 94 valence electrons. The monoisotopic (exact) mass is 233 g/mol. The number of rotatable bonds is 1. The molecule has 0 bridgehead atoms. The minimum atomic E-state index is -0.192. The van der Waals surface area contributed by atoms with Crippen molar-refractivity contribution >= 4 is 5.69 Å². The van der Waals surface area contributed by atoms with Crippen LogP contribution in [0.1, 0.15) is 37.8 Å². The van der Waals surface area contributed by atoms with Gasteiger partial charge < -0.3 is 10.0 Å². The first kappa shape index (κ1) is 12.4. The number of nitrogens with zero attached hydrogens (tertiary/aromatic N) is 1. The molecule has 0 aromatic heterocycles. The largest absolute Gasteiger partial charge is 0.391 e. The number of hydrogen-bond donors (Lipinski definition) is 1. The second kappa shape index (κ2) is 4.34. The number of anilines is 1. The SMILES string of the molecule is Cc1ccc(C)c(N2CC(O)CCC2(C)C)c1. The normalized spacial score (nSPS) is 23.8. The van der Waals surface area contributed by atoms with Crippen molar-refractivity contribution in [1.82, 2.24) is 0 Å². The summed E-state index contributed by atoms with van der Waals surface area (Å²) >= 11 is 0. The molecule has 17 heavy (non-hydrogen) atoms. The Hall–Kier alpha value is -1.02. The number of piperidine rings is 1. The van der Waals surface area contributed by atoms with Crippen LogP contribution in [0.5, 0.6) is 0 Å². The van der Waals surface area contributed by atoms with Crippen molar-refractivity contribution in [3.05, 3.63) is 29.3 Å². The number of hydrogen-bond acceptors (Lipinski definition) is 2. The standard InChI is InChI=1S/C15H23NO/c1-11-5-6-12(2)14(9-11)16-10-13(17)7-8-15(16,3)4/h5-6,9,13,17H,7-8,10H2,1-4H3. The Labute approximate surface area is 104 Å². The lowest BCUT2D eigenvalue weighted by Gasteiger charge is -2.46. The van der Waals surface area contributed by atoms with Gasteiger partial charge in [-0.05, 0) is 57.7 Å². The molecule has 1 aromatic carbocycles. The van der Waals surface area contributed by atoms with Crippen molar-refractivity contribution in [2.24, 2.45) is 0 Å². The summed E-state index contributed by atoms with van der Waals surface area (Å²) in [6.45, 7) is 9.54. The molecule has 1 heterocycles. The van der Waals surface area contributed by atoms with Crippen molar-refractivity contribution in [3.63, 3.8) is 0 Å². The summed E-state index contributed by atoms with van der Waals surface area (Å²) in [6, 6.07) is 6.54. The third kappa shape index (κ3) is 2.47. The van der Waals surface area contributed by atoms with Gasteiger partial charge in [-0.25, -0.2) is 0 Å². The Bertz CT molecular complexity index is 411. The highest BCUT2D eigenvalue weighted by atomic mass is 16.3. The van der Waals surface area contributed by atoms with Crippen molar-refractivity contribution in [3.8, 4) is 0 Å². The van der Waals surface area contributed by atoms with Crippen LogP contribution < -0.4 is 4.90 Å². The van der Waals surface area contributed by atoms with Gasteiger partial charge in [-0.3, -0.25) is 0 Å². The summed E-state index contributed by atoms with van der Waals surface area (Å²) in [5, 5.41) is 9.89. The van der Waals surface area contributed by atoms with E-state index in [9.17, 15) is 5.11 Å². The molecule has 1 aliphatic heterocycles. The minimum absolute atomic E-state index is 0.137. The number of aryl methyl sites for hydroxylation is 2. The molecular formula is C15H23NO. The van der Waals surface area contributed by atoms with Gasteiger partial charge in [-0.15, -0.1) is 0 Å². The van der Waals surface area contributed by atoms with Gasteiger partial charge in [0.25, 0.3) is 0 Å². The van der Waals surface area contributed by atoms with E-state index in [1.807, 2.05) is 0 Å². The lowest BCUT2D eigenvalue weighted by molar-refractivity contribution is 0.126. The van der Waals surface area contributed by atoms with Gasteiger partial charge in [0.15, 0.2) is 0 Å². The molecule has 1 aromatic rings. The third-order valence-corrected chi connectivity index (χ3v) is 3.87. The van der Waals surface area contributed by atoms with Crippen LogP contribution in [0.4, 0.5) is 5.69 Å². The fourth-order valence-corrected chi connectivity index (χ4v) is 2.64. The van der Waals surface area contributed by atoms with E-state index >= 15 is 0 Å². The predicted octanol–water partition coefficient (Wildman–Crippen LogP) is 3.04. The fraction of sp³-hybridized carbons (Fsp3) is 0.600. The topological polar surface area (TPSA) is 23.5 Å². The van der Waals surface area contributed by atoms with Crippen molar-refractivity contribution < 1.29 is 5.11 Å². The molecule has 0 amide bonds. The second-order valence-corrected chi connectivity index (χ2v) is 5.91.